The lowest BCUT2D eigenvalue weighted by molar-refractivity contribution is 0.569. The molecule has 1 nitrogen and oxygen atoms in total. The Bertz CT molecular complexity index is 572. The lowest BCUT2D eigenvalue weighted by Crippen LogP contribution is -2.18. The lowest BCUT2D eigenvalue weighted by atomic mass is 10.1. The van der Waals surface area contributed by atoms with Crippen LogP contribution in [-0.4, -0.2) is 0 Å². The van der Waals surface area contributed by atoms with Gasteiger partial charge in [0, 0.05) is 22.6 Å². The van der Waals surface area contributed by atoms with Crippen molar-refractivity contribution in [1.82, 2.24) is 5.32 Å². The molecule has 2 aromatic rings. The zero-order chi connectivity index (χ0) is 13.8. The van der Waals surface area contributed by atoms with Crippen LogP contribution in [0.4, 0.5) is 4.39 Å². The molecule has 0 aromatic heterocycles. The molecule has 1 unspecified atom stereocenters. The fourth-order valence-electron chi connectivity index (χ4n) is 1.84. The van der Waals surface area contributed by atoms with Crippen LogP contribution >= 0.6 is 23.2 Å². The van der Waals surface area contributed by atoms with Crippen LogP contribution in [0.3, 0.4) is 0 Å². The van der Waals surface area contributed by atoms with Crippen LogP contribution in [0.5, 0.6) is 0 Å². The van der Waals surface area contributed by atoms with E-state index in [1.807, 2.05) is 31.2 Å². The summed E-state index contributed by atoms with van der Waals surface area (Å²) < 4.78 is 13.1. The molecule has 1 atom stereocenters. The highest BCUT2D eigenvalue weighted by Crippen LogP contribution is 2.20. The van der Waals surface area contributed by atoms with Gasteiger partial charge in [-0.1, -0.05) is 35.3 Å². The SMILES string of the molecule is CC(NCc1cc(F)ccc1Cl)c1cccc(Cl)c1. The molecule has 0 radical (unpaired) electrons. The molecule has 0 saturated carbocycles. The molecule has 0 heterocycles. The smallest absolute Gasteiger partial charge is 0.123 e. The van der Waals surface area contributed by atoms with Gasteiger partial charge in [0.25, 0.3) is 0 Å². The minimum Gasteiger partial charge on any atom is -0.306 e. The van der Waals surface area contributed by atoms with E-state index in [0.717, 1.165) is 11.1 Å². The minimum atomic E-state index is -0.281. The molecular formula is C15H14Cl2FN. The number of halogens is 3. The second-order valence-corrected chi connectivity index (χ2v) is 5.24. The van der Waals surface area contributed by atoms with E-state index < -0.39 is 0 Å². The first-order valence-electron chi connectivity index (χ1n) is 5.99. The third-order valence-corrected chi connectivity index (χ3v) is 3.56. The average molecular weight is 298 g/mol. The van der Waals surface area contributed by atoms with Crippen LogP contribution in [0.1, 0.15) is 24.1 Å². The van der Waals surface area contributed by atoms with E-state index in [2.05, 4.69) is 5.32 Å². The largest absolute Gasteiger partial charge is 0.306 e. The maximum Gasteiger partial charge on any atom is 0.123 e. The highest BCUT2D eigenvalue weighted by Gasteiger charge is 2.07. The fraction of sp³-hybridized carbons (Fsp3) is 0.200. The van der Waals surface area contributed by atoms with E-state index in [1.54, 1.807) is 6.07 Å². The molecule has 0 amide bonds. The second-order valence-electron chi connectivity index (χ2n) is 4.39. The highest BCUT2D eigenvalue weighted by molar-refractivity contribution is 6.31. The van der Waals surface area contributed by atoms with E-state index in [4.69, 9.17) is 23.2 Å². The molecule has 2 aromatic carbocycles. The van der Waals surface area contributed by atoms with Gasteiger partial charge < -0.3 is 5.32 Å². The summed E-state index contributed by atoms with van der Waals surface area (Å²) in [5.74, 6) is -0.281. The van der Waals surface area contributed by atoms with Crippen molar-refractivity contribution >= 4 is 23.2 Å². The second kappa shape index (κ2) is 6.38. The molecule has 0 aliphatic rings. The first kappa shape index (κ1) is 14.3. The Morgan fingerprint density at radius 3 is 2.68 bits per heavy atom. The Kier molecular flexibility index (Phi) is 4.81. The van der Waals surface area contributed by atoms with Crippen molar-refractivity contribution in [1.29, 1.82) is 0 Å². The van der Waals surface area contributed by atoms with Gasteiger partial charge in [-0.05, 0) is 48.4 Å². The van der Waals surface area contributed by atoms with Crippen LogP contribution in [0.15, 0.2) is 42.5 Å². The quantitative estimate of drug-likeness (QED) is 0.839. The van der Waals surface area contributed by atoms with Crippen LogP contribution < -0.4 is 5.32 Å². The zero-order valence-corrected chi connectivity index (χ0v) is 12.0. The van der Waals surface area contributed by atoms with Crippen molar-refractivity contribution in [3.05, 3.63) is 69.5 Å². The van der Waals surface area contributed by atoms with Gasteiger partial charge in [0.2, 0.25) is 0 Å². The topological polar surface area (TPSA) is 12.0 Å². The molecule has 0 spiro atoms. The van der Waals surface area contributed by atoms with Gasteiger partial charge in [0.05, 0.1) is 0 Å². The van der Waals surface area contributed by atoms with Gasteiger partial charge in [-0.25, -0.2) is 4.39 Å². The van der Waals surface area contributed by atoms with Gasteiger partial charge in [-0.3, -0.25) is 0 Å². The molecule has 100 valence electrons. The van der Waals surface area contributed by atoms with Crippen LogP contribution in [0.2, 0.25) is 10.0 Å². The first-order valence-corrected chi connectivity index (χ1v) is 6.74. The molecule has 0 aliphatic heterocycles. The summed E-state index contributed by atoms with van der Waals surface area (Å²) in [4.78, 5) is 0. The summed E-state index contributed by atoms with van der Waals surface area (Å²) in [6.45, 7) is 2.53. The lowest BCUT2D eigenvalue weighted by Gasteiger charge is -2.15. The molecule has 4 heteroatoms. The van der Waals surface area contributed by atoms with E-state index >= 15 is 0 Å². The molecule has 0 fully saturated rings. The summed E-state index contributed by atoms with van der Waals surface area (Å²) in [6, 6.07) is 12.1. The van der Waals surface area contributed by atoms with Crippen LogP contribution in [0, 0.1) is 5.82 Å². The van der Waals surface area contributed by atoms with E-state index in [0.29, 0.717) is 16.6 Å². The summed E-state index contributed by atoms with van der Waals surface area (Å²) in [6.07, 6.45) is 0. The van der Waals surface area contributed by atoms with Crippen molar-refractivity contribution in [2.24, 2.45) is 0 Å². The van der Waals surface area contributed by atoms with Gasteiger partial charge >= 0.3 is 0 Å². The number of benzene rings is 2. The predicted molar refractivity (Wildman–Crippen MR) is 78.1 cm³/mol. The standard InChI is InChI=1S/C15H14Cl2FN/c1-10(11-3-2-4-13(16)7-11)19-9-12-8-14(18)5-6-15(12)17/h2-8,10,19H,9H2,1H3. The molecule has 19 heavy (non-hydrogen) atoms. The minimum absolute atomic E-state index is 0.109. The molecule has 0 saturated heterocycles. The van der Waals surface area contributed by atoms with Crippen LogP contribution in [-0.2, 0) is 6.54 Å². The van der Waals surface area contributed by atoms with E-state index in [9.17, 15) is 4.39 Å². The summed E-state index contributed by atoms with van der Waals surface area (Å²) >= 11 is 12.0. The Balaban J connectivity index is 2.04. The van der Waals surface area contributed by atoms with Crippen molar-refractivity contribution < 1.29 is 4.39 Å². The Hall–Kier alpha value is -1.09. The maximum absolute atomic E-state index is 13.1. The Morgan fingerprint density at radius 2 is 1.95 bits per heavy atom. The summed E-state index contributed by atoms with van der Waals surface area (Å²) in [7, 11) is 0. The monoisotopic (exact) mass is 297 g/mol. The number of hydrogen-bond donors (Lipinski definition) is 1. The number of rotatable bonds is 4. The van der Waals surface area contributed by atoms with Gasteiger partial charge in [0.1, 0.15) is 5.82 Å². The van der Waals surface area contributed by atoms with E-state index in [-0.39, 0.29) is 11.9 Å². The Labute approximate surface area is 122 Å². The van der Waals surface area contributed by atoms with Crippen molar-refractivity contribution in [3.63, 3.8) is 0 Å². The average Bonchev–Trinajstić information content (AvgIpc) is 2.39. The molecule has 0 aliphatic carbocycles. The molecule has 2 rings (SSSR count). The molecular weight excluding hydrogens is 284 g/mol. The predicted octanol–water partition coefficient (Wildman–Crippen LogP) is 4.98. The molecule has 0 bridgehead atoms. The van der Waals surface area contributed by atoms with Gasteiger partial charge in [-0.15, -0.1) is 0 Å². The van der Waals surface area contributed by atoms with E-state index in [1.165, 1.54) is 12.1 Å². The third-order valence-electron chi connectivity index (χ3n) is 2.96. The fourth-order valence-corrected chi connectivity index (χ4v) is 2.22. The first-order chi connectivity index (χ1) is 9.06. The third kappa shape index (κ3) is 3.93. The summed E-state index contributed by atoms with van der Waals surface area (Å²) in [5.41, 5.74) is 1.83. The van der Waals surface area contributed by atoms with Gasteiger partial charge in [0.15, 0.2) is 0 Å². The van der Waals surface area contributed by atoms with Crippen molar-refractivity contribution in [3.8, 4) is 0 Å². The number of nitrogens with one attached hydrogen (secondary N) is 1. The zero-order valence-electron chi connectivity index (χ0n) is 10.5. The van der Waals surface area contributed by atoms with Gasteiger partial charge in [-0.2, -0.15) is 0 Å². The van der Waals surface area contributed by atoms with Crippen molar-refractivity contribution in [2.45, 2.75) is 19.5 Å². The Morgan fingerprint density at radius 1 is 1.16 bits per heavy atom. The van der Waals surface area contributed by atoms with Crippen molar-refractivity contribution in [2.75, 3.05) is 0 Å². The number of hydrogen-bond acceptors (Lipinski definition) is 1. The molecule has 1 N–H and O–H groups in total. The normalized spacial score (nSPS) is 12.4. The summed E-state index contributed by atoms with van der Waals surface area (Å²) in [5, 5.41) is 4.57. The maximum atomic E-state index is 13.1. The van der Waals surface area contributed by atoms with Crippen LogP contribution in [0.25, 0.3) is 0 Å². The highest BCUT2D eigenvalue weighted by atomic mass is 35.5.